The van der Waals surface area contributed by atoms with Crippen molar-refractivity contribution in [2.24, 2.45) is 5.92 Å². The molecule has 0 aromatic heterocycles. The van der Waals surface area contributed by atoms with Crippen LogP contribution in [0.2, 0.25) is 30.1 Å². The molecule has 1 saturated heterocycles. The molecule has 2 aliphatic rings. The summed E-state index contributed by atoms with van der Waals surface area (Å²) in [7, 11) is 0. The van der Waals surface area contributed by atoms with Crippen molar-refractivity contribution in [3.63, 3.8) is 0 Å². The highest BCUT2D eigenvalue weighted by Crippen LogP contribution is 2.46. The minimum Gasteiger partial charge on any atom is -0.426 e. The van der Waals surface area contributed by atoms with Crippen molar-refractivity contribution in [3.05, 3.63) is 83.2 Å². The summed E-state index contributed by atoms with van der Waals surface area (Å²) in [4.78, 5) is 54.2. The summed E-state index contributed by atoms with van der Waals surface area (Å²) >= 11 is 36.8. The minimum absolute atomic E-state index is 0.0659. The lowest BCUT2D eigenvalue weighted by molar-refractivity contribution is -0.139. The number of halogens is 6. The van der Waals surface area contributed by atoms with E-state index in [0.29, 0.717) is 21.3 Å². The molecule has 0 unspecified atom stereocenters. The van der Waals surface area contributed by atoms with Crippen LogP contribution in [0.3, 0.4) is 0 Å². The van der Waals surface area contributed by atoms with Gasteiger partial charge in [-0.15, -0.1) is 0 Å². The predicted octanol–water partition coefficient (Wildman–Crippen LogP) is 7.67. The highest BCUT2D eigenvalue weighted by Gasteiger charge is 2.43. The molecular formula is C26H14Cl6N2O5. The second-order valence-electron chi connectivity index (χ2n) is 8.82. The van der Waals surface area contributed by atoms with Crippen molar-refractivity contribution in [3.8, 4) is 5.75 Å². The number of fused-ring (bicyclic) bond motifs is 1. The molecular weight excluding hydrogens is 633 g/mol. The smallest absolute Gasteiger partial charge is 0.316 e. The third-order valence-electron chi connectivity index (χ3n) is 6.39. The van der Waals surface area contributed by atoms with Gasteiger partial charge in [-0.2, -0.15) is 0 Å². The van der Waals surface area contributed by atoms with Crippen molar-refractivity contribution in [2.45, 2.75) is 13.3 Å². The fourth-order valence-corrected chi connectivity index (χ4v) is 5.90. The Bertz CT molecular complexity index is 1580. The second kappa shape index (κ2) is 10.5. The van der Waals surface area contributed by atoms with Crippen LogP contribution in [0.4, 0.5) is 11.4 Å². The van der Waals surface area contributed by atoms with Crippen LogP contribution in [0.5, 0.6) is 5.75 Å². The first-order chi connectivity index (χ1) is 18.4. The molecule has 3 aromatic carbocycles. The van der Waals surface area contributed by atoms with E-state index in [0.717, 1.165) is 4.90 Å². The zero-order chi connectivity index (χ0) is 28.3. The van der Waals surface area contributed by atoms with E-state index in [1.54, 1.807) is 25.1 Å². The lowest BCUT2D eigenvalue weighted by atomic mass is 10.1. The van der Waals surface area contributed by atoms with Gasteiger partial charge in [0.05, 0.1) is 53.5 Å². The summed E-state index contributed by atoms with van der Waals surface area (Å²) in [6, 6.07) is 9.09. The first-order valence-corrected chi connectivity index (χ1v) is 13.5. The maximum atomic E-state index is 13.2. The van der Waals surface area contributed by atoms with Crippen LogP contribution >= 0.6 is 69.6 Å². The number of imide groups is 1. The number of aryl methyl sites for hydroxylation is 1. The molecule has 2 aliphatic heterocycles. The van der Waals surface area contributed by atoms with Crippen LogP contribution in [0.25, 0.3) is 0 Å². The number of nitrogens with zero attached hydrogens (tertiary/aromatic N) is 2. The molecule has 0 saturated carbocycles. The molecule has 1 fully saturated rings. The van der Waals surface area contributed by atoms with Gasteiger partial charge in [0.1, 0.15) is 5.75 Å². The van der Waals surface area contributed by atoms with E-state index in [1.807, 2.05) is 0 Å². The molecule has 0 spiro atoms. The monoisotopic (exact) mass is 644 g/mol. The van der Waals surface area contributed by atoms with E-state index >= 15 is 0 Å². The maximum absolute atomic E-state index is 13.2. The number of anilines is 2. The number of benzene rings is 3. The van der Waals surface area contributed by atoms with Gasteiger partial charge >= 0.3 is 5.97 Å². The number of esters is 1. The normalized spacial score (nSPS) is 16.8. The lowest BCUT2D eigenvalue weighted by Gasteiger charge is -2.19. The second-order valence-corrected chi connectivity index (χ2v) is 11.2. The van der Waals surface area contributed by atoms with Gasteiger partial charge in [0, 0.05) is 18.0 Å². The molecule has 0 bridgehead atoms. The summed E-state index contributed by atoms with van der Waals surface area (Å²) in [6.07, 6.45) is -0.0690. The van der Waals surface area contributed by atoms with Gasteiger partial charge < -0.3 is 9.64 Å². The van der Waals surface area contributed by atoms with Crippen molar-refractivity contribution >= 4 is 105 Å². The quantitative estimate of drug-likeness (QED) is 0.0955. The summed E-state index contributed by atoms with van der Waals surface area (Å²) in [5.41, 5.74) is 0.776. The summed E-state index contributed by atoms with van der Waals surface area (Å²) in [5, 5.41) is 0.107. The Morgan fingerprint density at radius 3 is 2.03 bits per heavy atom. The first kappa shape index (κ1) is 28.0. The molecule has 1 atom stereocenters. The van der Waals surface area contributed by atoms with Crippen LogP contribution in [-0.2, 0) is 9.59 Å². The third-order valence-corrected chi connectivity index (χ3v) is 8.74. The maximum Gasteiger partial charge on any atom is 0.316 e. The molecule has 3 amide bonds. The third kappa shape index (κ3) is 4.75. The van der Waals surface area contributed by atoms with Crippen molar-refractivity contribution in [2.75, 3.05) is 16.3 Å². The average Bonchev–Trinajstić information content (AvgIpc) is 3.40. The van der Waals surface area contributed by atoms with Crippen LogP contribution in [0, 0.1) is 12.8 Å². The number of rotatable bonds is 4. The summed E-state index contributed by atoms with van der Waals surface area (Å²) in [5.74, 6) is -2.96. The highest BCUT2D eigenvalue weighted by molar-refractivity contribution is 6.56. The number of carbonyl (C=O) groups excluding carboxylic acids is 4. The zero-order valence-corrected chi connectivity index (χ0v) is 24.2. The average molecular weight is 647 g/mol. The van der Waals surface area contributed by atoms with Gasteiger partial charge in [0.2, 0.25) is 5.91 Å². The number of amides is 3. The summed E-state index contributed by atoms with van der Waals surface area (Å²) < 4.78 is 5.53. The Labute approximate surface area is 252 Å². The van der Waals surface area contributed by atoms with E-state index in [-0.39, 0.29) is 61.5 Å². The van der Waals surface area contributed by atoms with Gasteiger partial charge in [-0.1, -0.05) is 69.6 Å². The summed E-state index contributed by atoms with van der Waals surface area (Å²) in [6.45, 7) is 1.69. The molecule has 0 aliphatic carbocycles. The molecule has 7 nitrogen and oxygen atoms in total. The fourth-order valence-electron chi connectivity index (χ4n) is 4.50. The van der Waals surface area contributed by atoms with Crippen molar-refractivity contribution in [1.82, 2.24) is 0 Å². The Kier molecular flexibility index (Phi) is 7.52. The Balaban J connectivity index is 1.35. The van der Waals surface area contributed by atoms with Crippen LogP contribution in [0.15, 0.2) is 36.4 Å². The number of hydrogen-bond acceptors (Lipinski definition) is 5. The molecule has 0 N–H and O–H groups in total. The number of carbonyl (C=O) groups is 4. The van der Waals surface area contributed by atoms with Gasteiger partial charge in [-0.05, 0) is 48.9 Å². The van der Waals surface area contributed by atoms with E-state index in [1.165, 1.54) is 23.1 Å². The Morgan fingerprint density at radius 1 is 0.821 bits per heavy atom. The standard InChI is InChI=1S/C26H14Cl6N2O5/c1-10-6-13(39-26(38)11-7-17(35)33(9-11)16-8-12(27)2-4-14(16)28)3-5-15(10)34-24(36)18-19(25(34)37)21(30)23(32)22(31)20(18)29/h2-6,8,11H,7,9H2,1H3/t11-/m0/s1. The number of hydrogen-bond donors (Lipinski definition) is 0. The SMILES string of the molecule is Cc1cc(OC(=O)[C@H]2CC(=O)N(c3cc(Cl)ccc3Cl)C2)ccc1N1C(=O)c2c(Cl)c(Cl)c(Cl)c(Cl)c2C1=O. The van der Waals surface area contributed by atoms with Gasteiger partial charge in [-0.3, -0.25) is 19.2 Å². The molecule has 0 radical (unpaired) electrons. The largest absolute Gasteiger partial charge is 0.426 e. The molecule has 39 heavy (non-hydrogen) atoms. The molecule has 13 heteroatoms. The van der Waals surface area contributed by atoms with E-state index in [9.17, 15) is 19.2 Å². The lowest BCUT2D eigenvalue weighted by Crippen LogP contribution is -2.30. The topological polar surface area (TPSA) is 84.0 Å². The van der Waals surface area contributed by atoms with E-state index in [4.69, 9.17) is 74.3 Å². The Morgan fingerprint density at radius 2 is 1.44 bits per heavy atom. The van der Waals surface area contributed by atoms with Gasteiger partial charge in [0.15, 0.2) is 0 Å². The van der Waals surface area contributed by atoms with Crippen LogP contribution < -0.4 is 14.5 Å². The van der Waals surface area contributed by atoms with Crippen molar-refractivity contribution < 1.29 is 23.9 Å². The van der Waals surface area contributed by atoms with Gasteiger partial charge in [0.25, 0.3) is 11.8 Å². The van der Waals surface area contributed by atoms with E-state index < -0.39 is 23.7 Å². The van der Waals surface area contributed by atoms with Crippen LogP contribution in [-0.4, -0.2) is 30.2 Å². The molecule has 2 heterocycles. The Hall–Kier alpha value is -2.52. The molecule has 3 aromatic rings. The van der Waals surface area contributed by atoms with Gasteiger partial charge in [-0.25, -0.2) is 4.90 Å². The molecule has 200 valence electrons. The fraction of sp³-hybridized carbons (Fsp3) is 0.154. The van der Waals surface area contributed by atoms with Crippen LogP contribution in [0.1, 0.15) is 32.7 Å². The zero-order valence-electron chi connectivity index (χ0n) is 19.7. The molecule has 5 rings (SSSR count). The predicted molar refractivity (Wildman–Crippen MR) is 151 cm³/mol. The van der Waals surface area contributed by atoms with E-state index in [2.05, 4.69) is 0 Å². The first-order valence-electron chi connectivity index (χ1n) is 11.2. The highest BCUT2D eigenvalue weighted by atomic mass is 35.5. The number of ether oxygens (including phenoxy) is 1. The van der Waals surface area contributed by atoms with Crippen molar-refractivity contribution in [1.29, 1.82) is 0 Å². The minimum atomic E-state index is -0.748.